The van der Waals surface area contributed by atoms with E-state index in [1.807, 2.05) is 13.8 Å². The lowest BCUT2D eigenvalue weighted by Gasteiger charge is -1.98. The topological polar surface area (TPSA) is 27.1 Å². The van der Waals surface area contributed by atoms with E-state index < -0.39 is 0 Å². The molecule has 0 aromatic carbocycles. The van der Waals surface area contributed by atoms with Crippen LogP contribution >= 0.6 is 11.6 Å². The van der Waals surface area contributed by atoms with Crippen molar-refractivity contribution in [2.75, 3.05) is 7.11 Å². The lowest BCUT2D eigenvalue weighted by atomic mass is 10.2. The van der Waals surface area contributed by atoms with Gasteiger partial charge in [0.15, 0.2) is 0 Å². The second-order valence-corrected chi connectivity index (χ2v) is 2.61. The van der Waals surface area contributed by atoms with Gasteiger partial charge in [-0.25, -0.2) is 0 Å². The minimum atomic E-state index is 0.434. The van der Waals surface area contributed by atoms with Crippen molar-refractivity contribution < 1.29 is 4.84 Å². The van der Waals surface area contributed by atoms with Crippen LogP contribution in [0, 0.1) is 13.8 Å². The Morgan fingerprint density at radius 1 is 1.55 bits per heavy atom. The molecule has 62 valence electrons. The van der Waals surface area contributed by atoms with Crippen LogP contribution in [0.2, 0.25) is 0 Å². The molecule has 0 unspecified atom stereocenters. The summed E-state index contributed by atoms with van der Waals surface area (Å²) in [7, 11) is 1.58. The number of hydrogen-bond acceptors (Lipinski definition) is 2. The van der Waals surface area contributed by atoms with E-state index in [9.17, 15) is 0 Å². The van der Waals surface area contributed by atoms with Gasteiger partial charge in [-0.05, 0) is 19.4 Å². The highest BCUT2D eigenvalue weighted by Crippen LogP contribution is 2.12. The molecule has 1 aromatic heterocycles. The molecule has 1 aromatic rings. The summed E-state index contributed by atoms with van der Waals surface area (Å²) < 4.78 is 0. The van der Waals surface area contributed by atoms with Crippen molar-refractivity contribution in [2.45, 2.75) is 19.7 Å². The third kappa shape index (κ3) is 1.33. The minimum absolute atomic E-state index is 0.434. The fourth-order valence-electron chi connectivity index (χ4n) is 0.917. The highest BCUT2D eigenvalue weighted by Gasteiger charge is 2.08. The molecule has 0 spiro atoms. The third-order valence-corrected chi connectivity index (χ3v) is 2.03. The maximum absolute atomic E-state index is 5.64. The van der Waals surface area contributed by atoms with Crippen molar-refractivity contribution >= 4 is 11.6 Å². The molecule has 1 heterocycles. The van der Waals surface area contributed by atoms with Crippen LogP contribution in [0.25, 0.3) is 0 Å². The SMILES string of the molecule is COn1nc(CCl)c(C)c1C. The van der Waals surface area contributed by atoms with Crippen LogP contribution in [0.15, 0.2) is 0 Å². The van der Waals surface area contributed by atoms with Gasteiger partial charge in [0.25, 0.3) is 0 Å². The minimum Gasteiger partial charge on any atom is -0.400 e. The van der Waals surface area contributed by atoms with Gasteiger partial charge >= 0.3 is 0 Å². The summed E-state index contributed by atoms with van der Waals surface area (Å²) in [4.78, 5) is 6.43. The largest absolute Gasteiger partial charge is 0.400 e. The molecular formula is C7H11ClN2O. The molecule has 0 saturated carbocycles. The van der Waals surface area contributed by atoms with E-state index in [4.69, 9.17) is 16.4 Å². The third-order valence-electron chi connectivity index (χ3n) is 1.77. The van der Waals surface area contributed by atoms with E-state index in [1.165, 1.54) is 4.85 Å². The van der Waals surface area contributed by atoms with Crippen LogP contribution in [-0.4, -0.2) is 17.1 Å². The Kier molecular flexibility index (Phi) is 2.39. The fraction of sp³-hybridized carbons (Fsp3) is 0.571. The molecule has 0 fully saturated rings. The summed E-state index contributed by atoms with van der Waals surface area (Å²) in [5.41, 5.74) is 2.98. The smallest absolute Gasteiger partial charge is 0.106 e. The van der Waals surface area contributed by atoms with Crippen molar-refractivity contribution in [1.82, 2.24) is 9.94 Å². The second kappa shape index (κ2) is 3.13. The Morgan fingerprint density at radius 3 is 2.45 bits per heavy atom. The molecular weight excluding hydrogens is 164 g/mol. The Labute approximate surface area is 70.9 Å². The summed E-state index contributed by atoms with van der Waals surface area (Å²) in [6, 6.07) is 0. The zero-order valence-corrected chi connectivity index (χ0v) is 7.64. The van der Waals surface area contributed by atoms with E-state index >= 15 is 0 Å². The number of halogens is 1. The number of hydrogen-bond donors (Lipinski definition) is 0. The van der Waals surface area contributed by atoms with Gasteiger partial charge in [-0.1, -0.05) is 0 Å². The van der Waals surface area contributed by atoms with Crippen molar-refractivity contribution in [1.29, 1.82) is 0 Å². The number of alkyl halides is 1. The molecule has 0 radical (unpaired) electrons. The lowest BCUT2D eigenvalue weighted by Crippen LogP contribution is -2.09. The summed E-state index contributed by atoms with van der Waals surface area (Å²) in [6.45, 7) is 3.93. The average molecular weight is 175 g/mol. The molecule has 4 heteroatoms. The maximum atomic E-state index is 5.64. The summed E-state index contributed by atoms with van der Waals surface area (Å²) in [5.74, 6) is 0.434. The van der Waals surface area contributed by atoms with Gasteiger partial charge in [0.05, 0.1) is 17.3 Å². The first-order chi connectivity index (χ1) is 5.20. The van der Waals surface area contributed by atoms with E-state index in [0.717, 1.165) is 17.0 Å². The normalized spacial score (nSPS) is 10.2. The van der Waals surface area contributed by atoms with E-state index in [1.54, 1.807) is 7.11 Å². The Bertz CT molecular complexity index is 233. The van der Waals surface area contributed by atoms with E-state index in [-0.39, 0.29) is 0 Å². The Hall–Kier alpha value is -0.700. The van der Waals surface area contributed by atoms with Crippen molar-refractivity contribution in [3.63, 3.8) is 0 Å². The highest BCUT2D eigenvalue weighted by atomic mass is 35.5. The van der Waals surface area contributed by atoms with Gasteiger partial charge in [-0.15, -0.1) is 21.5 Å². The quantitative estimate of drug-likeness (QED) is 0.632. The van der Waals surface area contributed by atoms with Gasteiger partial charge in [0.2, 0.25) is 0 Å². The van der Waals surface area contributed by atoms with Crippen molar-refractivity contribution in [3.8, 4) is 0 Å². The molecule has 3 nitrogen and oxygen atoms in total. The molecule has 0 bridgehead atoms. The second-order valence-electron chi connectivity index (χ2n) is 2.35. The van der Waals surface area contributed by atoms with Gasteiger partial charge in [0.1, 0.15) is 7.11 Å². The lowest BCUT2D eigenvalue weighted by molar-refractivity contribution is 0.127. The summed E-state index contributed by atoms with van der Waals surface area (Å²) in [6.07, 6.45) is 0. The predicted octanol–water partition coefficient (Wildman–Crippen LogP) is 1.30. The zero-order chi connectivity index (χ0) is 8.43. The number of nitrogens with zero attached hydrogens (tertiary/aromatic N) is 2. The number of rotatable bonds is 2. The summed E-state index contributed by atoms with van der Waals surface area (Å²) in [5, 5.41) is 4.11. The molecule has 0 atom stereocenters. The monoisotopic (exact) mass is 174 g/mol. The van der Waals surface area contributed by atoms with Crippen LogP contribution in [0.4, 0.5) is 0 Å². The van der Waals surface area contributed by atoms with E-state index in [0.29, 0.717) is 5.88 Å². The standard InChI is InChI=1S/C7H11ClN2O/c1-5-6(2)10(11-3)9-7(5)4-8/h4H2,1-3H3. The van der Waals surface area contributed by atoms with Gasteiger partial charge in [-0.3, -0.25) is 0 Å². The summed E-state index contributed by atoms with van der Waals surface area (Å²) >= 11 is 5.64. The van der Waals surface area contributed by atoms with Crippen LogP contribution in [0.3, 0.4) is 0 Å². The maximum Gasteiger partial charge on any atom is 0.106 e. The average Bonchev–Trinajstić information content (AvgIpc) is 2.30. The van der Waals surface area contributed by atoms with Crippen molar-refractivity contribution in [2.24, 2.45) is 0 Å². The highest BCUT2D eigenvalue weighted by molar-refractivity contribution is 6.17. The molecule has 0 aliphatic carbocycles. The predicted molar refractivity (Wildman–Crippen MR) is 43.8 cm³/mol. The van der Waals surface area contributed by atoms with Gasteiger partial charge < -0.3 is 4.84 Å². The Balaban J connectivity index is 3.12. The molecule has 1 rings (SSSR count). The zero-order valence-electron chi connectivity index (χ0n) is 6.89. The van der Waals surface area contributed by atoms with Crippen LogP contribution in [0.1, 0.15) is 17.0 Å². The fourth-order valence-corrected chi connectivity index (χ4v) is 1.17. The van der Waals surface area contributed by atoms with E-state index in [2.05, 4.69) is 5.10 Å². The molecule has 0 saturated heterocycles. The van der Waals surface area contributed by atoms with Crippen LogP contribution < -0.4 is 4.84 Å². The van der Waals surface area contributed by atoms with Crippen molar-refractivity contribution in [3.05, 3.63) is 17.0 Å². The molecule has 0 N–H and O–H groups in total. The van der Waals surface area contributed by atoms with Gasteiger partial charge in [-0.2, -0.15) is 0 Å². The first kappa shape index (κ1) is 8.40. The van der Waals surface area contributed by atoms with Gasteiger partial charge in [0, 0.05) is 0 Å². The molecule has 0 aliphatic heterocycles. The van der Waals surface area contributed by atoms with Crippen LogP contribution in [0.5, 0.6) is 0 Å². The first-order valence-corrected chi connectivity index (χ1v) is 3.89. The molecule has 0 aliphatic rings. The molecule has 11 heavy (non-hydrogen) atoms. The molecule has 0 amide bonds. The van der Waals surface area contributed by atoms with Crippen LogP contribution in [-0.2, 0) is 5.88 Å². The number of aromatic nitrogens is 2. The first-order valence-electron chi connectivity index (χ1n) is 3.36. The Morgan fingerprint density at radius 2 is 2.18 bits per heavy atom.